The second kappa shape index (κ2) is 9.67. The van der Waals surface area contributed by atoms with Crippen LogP contribution in [0.3, 0.4) is 0 Å². The highest BCUT2D eigenvalue weighted by atomic mass is 35.5. The van der Waals surface area contributed by atoms with Gasteiger partial charge >= 0.3 is 0 Å². The van der Waals surface area contributed by atoms with Gasteiger partial charge in [-0.3, -0.25) is 19.6 Å². The van der Waals surface area contributed by atoms with Crippen molar-refractivity contribution in [2.45, 2.75) is 11.8 Å². The third-order valence-corrected chi connectivity index (χ3v) is 5.82. The fourth-order valence-electron chi connectivity index (χ4n) is 2.78. The van der Waals surface area contributed by atoms with Crippen molar-refractivity contribution in [2.75, 3.05) is 16.6 Å². The van der Waals surface area contributed by atoms with Crippen LogP contribution in [0.25, 0.3) is 0 Å². The Morgan fingerprint density at radius 3 is 2.53 bits per heavy atom. The first kappa shape index (κ1) is 23.0. The fraction of sp³-hybridized carbons (Fsp3) is 0.0952. The van der Waals surface area contributed by atoms with Gasteiger partial charge in [-0.25, -0.2) is 8.42 Å². The molecule has 2 N–H and O–H groups in total. The summed E-state index contributed by atoms with van der Waals surface area (Å²) in [5.74, 6) is -0.230. The van der Waals surface area contributed by atoms with Gasteiger partial charge in [0.05, 0.1) is 27.8 Å². The molecule has 3 aromatic rings. The number of carbonyl (C=O) groups is 1. The number of carbonyl (C=O) groups excluding carboxylic acids is 1. The van der Waals surface area contributed by atoms with Crippen molar-refractivity contribution in [1.82, 2.24) is 0 Å². The summed E-state index contributed by atoms with van der Waals surface area (Å²) in [6.45, 7) is 2.04. The number of hydrogen-bond donors (Lipinski definition) is 2. The van der Waals surface area contributed by atoms with Gasteiger partial charge in [-0.05, 0) is 49.4 Å². The van der Waals surface area contributed by atoms with Crippen molar-refractivity contribution in [2.24, 2.45) is 0 Å². The Balaban J connectivity index is 1.92. The number of nitro benzene ring substituents is 1. The minimum atomic E-state index is -4.12. The van der Waals surface area contributed by atoms with Crippen LogP contribution in [0.5, 0.6) is 5.75 Å². The van der Waals surface area contributed by atoms with E-state index in [1.807, 2.05) is 0 Å². The summed E-state index contributed by atoms with van der Waals surface area (Å²) >= 11 is 5.93. The van der Waals surface area contributed by atoms with Crippen LogP contribution in [-0.4, -0.2) is 25.9 Å². The van der Waals surface area contributed by atoms with Gasteiger partial charge < -0.3 is 10.1 Å². The van der Waals surface area contributed by atoms with Gasteiger partial charge in [-0.2, -0.15) is 0 Å². The monoisotopic (exact) mass is 475 g/mol. The van der Waals surface area contributed by atoms with E-state index in [-0.39, 0.29) is 39.9 Å². The van der Waals surface area contributed by atoms with E-state index in [0.717, 1.165) is 6.07 Å². The SMILES string of the molecule is CCOc1ccc(S(=O)(=O)Nc2cccc([N+](=O)[O-])c2)cc1NC(=O)c1cccc(Cl)c1. The zero-order valence-electron chi connectivity index (χ0n) is 16.7. The van der Waals surface area contributed by atoms with Crippen LogP contribution in [0.1, 0.15) is 17.3 Å². The number of halogens is 1. The highest BCUT2D eigenvalue weighted by Gasteiger charge is 2.19. The van der Waals surface area contributed by atoms with Gasteiger partial charge in [0.1, 0.15) is 5.75 Å². The van der Waals surface area contributed by atoms with Crippen LogP contribution in [0.2, 0.25) is 5.02 Å². The number of ether oxygens (including phenoxy) is 1. The molecule has 3 aromatic carbocycles. The van der Waals surface area contributed by atoms with Gasteiger partial charge in [0.25, 0.3) is 21.6 Å². The summed E-state index contributed by atoms with van der Waals surface area (Å²) in [5, 5.41) is 13.9. The van der Waals surface area contributed by atoms with Crippen molar-refractivity contribution in [3.05, 3.63) is 87.4 Å². The van der Waals surface area contributed by atoms with E-state index >= 15 is 0 Å². The molecule has 9 nitrogen and oxygen atoms in total. The minimum Gasteiger partial charge on any atom is -0.492 e. The van der Waals surface area contributed by atoms with Crippen LogP contribution in [0.4, 0.5) is 17.1 Å². The number of nitro groups is 1. The molecule has 11 heteroatoms. The van der Waals surface area contributed by atoms with E-state index in [0.29, 0.717) is 5.02 Å². The standard InChI is InChI=1S/C21H18ClN3O6S/c1-2-31-20-10-9-18(13-19(20)23-21(26)14-5-3-6-15(22)11-14)32(29,30)24-16-7-4-8-17(12-16)25(27)28/h3-13,24H,2H2,1H3,(H,23,26). The minimum absolute atomic E-state index is 0.0256. The molecule has 0 saturated carbocycles. The number of anilines is 2. The summed E-state index contributed by atoms with van der Waals surface area (Å²) in [6, 6.07) is 15.3. The largest absolute Gasteiger partial charge is 0.492 e. The van der Waals surface area contributed by atoms with E-state index in [1.165, 1.54) is 42.5 Å². The van der Waals surface area contributed by atoms with Crippen molar-refractivity contribution < 1.29 is 22.9 Å². The lowest BCUT2D eigenvalue weighted by Gasteiger charge is -2.14. The van der Waals surface area contributed by atoms with Crippen molar-refractivity contribution in [3.8, 4) is 5.75 Å². The first-order chi connectivity index (χ1) is 15.2. The number of rotatable bonds is 8. The van der Waals surface area contributed by atoms with Gasteiger partial charge in [-0.1, -0.05) is 23.7 Å². The number of amides is 1. The Kier molecular flexibility index (Phi) is 6.96. The second-order valence-corrected chi connectivity index (χ2v) is 8.59. The Morgan fingerprint density at radius 2 is 1.84 bits per heavy atom. The molecule has 166 valence electrons. The maximum Gasteiger partial charge on any atom is 0.271 e. The van der Waals surface area contributed by atoms with Crippen molar-refractivity contribution in [1.29, 1.82) is 0 Å². The van der Waals surface area contributed by atoms with E-state index in [9.17, 15) is 23.3 Å². The van der Waals surface area contributed by atoms with Crippen LogP contribution < -0.4 is 14.8 Å². The lowest BCUT2D eigenvalue weighted by molar-refractivity contribution is -0.384. The quantitative estimate of drug-likeness (QED) is 0.359. The maximum atomic E-state index is 12.9. The highest BCUT2D eigenvalue weighted by molar-refractivity contribution is 7.92. The molecule has 1 amide bonds. The summed E-state index contributed by atoms with van der Waals surface area (Å²) in [5.41, 5.74) is 0.186. The molecule has 0 aliphatic rings. The number of benzene rings is 3. The highest BCUT2D eigenvalue weighted by Crippen LogP contribution is 2.30. The number of hydrogen-bond acceptors (Lipinski definition) is 6. The van der Waals surface area contributed by atoms with Crippen LogP contribution >= 0.6 is 11.6 Å². The van der Waals surface area contributed by atoms with Crippen LogP contribution in [0.15, 0.2) is 71.6 Å². The normalized spacial score (nSPS) is 10.9. The Bertz CT molecular complexity index is 1280. The van der Waals surface area contributed by atoms with Crippen LogP contribution in [-0.2, 0) is 10.0 Å². The number of non-ortho nitro benzene ring substituents is 1. The molecule has 0 bridgehead atoms. The van der Waals surface area contributed by atoms with E-state index in [4.69, 9.17) is 16.3 Å². The van der Waals surface area contributed by atoms with Crippen molar-refractivity contribution in [3.63, 3.8) is 0 Å². The Hall–Kier alpha value is -3.63. The zero-order valence-corrected chi connectivity index (χ0v) is 18.3. The lowest BCUT2D eigenvalue weighted by atomic mass is 10.2. The zero-order chi connectivity index (χ0) is 23.3. The van der Waals surface area contributed by atoms with E-state index in [1.54, 1.807) is 25.1 Å². The first-order valence-electron chi connectivity index (χ1n) is 9.30. The number of sulfonamides is 1. The summed E-state index contributed by atoms with van der Waals surface area (Å²) < 4.78 is 33.5. The molecule has 0 heterocycles. The van der Waals surface area contributed by atoms with Crippen LogP contribution in [0, 0.1) is 10.1 Å². The van der Waals surface area contributed by atoms with Gasteiger partial charge in [0.15, 0.2) is 0 Å². The molecule has 0 radical (unpaired) electrons. The third-order valence-electron chi connectivity index (χ3n) is 4.21. The predicted molar refractivity (Wildman–Crippen MR) is 121 cm³/mol. The maximum absolute atomic E-state index is 12.9. The Labute approximate surface area is 189 Å². The van der Waals surface area contributed by atoms with E-state index in [2.05, 4.69) is 10.0 Å². The molecule has 0 aliphatic carbocycles. The van der Waals surface area contributed by atoms with Gasteiger partial charge in [0, 0.05) is 22.7 Å². The average molecular weight is 476 g/mol. The van der Waals surface area contributed by atoms with Gasteiger partial charge in [-0.15, -0.1) is 0 Å². The molecule has 3 rings (SSSR count). The molecule has 0 atom stereocenters. The molecular weight excluding hydrogens is 458 g/mol. The number of nitrogens with zero attached hydrogens (tertiary/aromatic N) is 1. The molecule has 0 saturated heterocycles. The average Bonchev–Trinajstić information content (AvgIpc) is 2.75. The molecule has 0 fully saturated rings. The topological polar surface area (TPSA) is 128 Å². The second-order valence-electron chi connectivity index (χ2n) is 6.47. The summed E-state index contributed by atoms with van der Waals surface area (Å²) in [6.07, 6.45) is 0. The van der Waals surface area contributed by atoms with E-state index < -0.39 is 20.9 Å². The smallest absolute Gasteiger partial charge is 0.271 e. The molecule has 32 heavy (non-hydrogen) atoms. The molecular formula is C21H18ClN3O6S. The molecule has 0 spiro atoms. The summed E-state index contributed by atoms with van der Waals surface area (Å²) in [4.78, 5) is 22.8. The third kappa shape index (κ3) is 5.54. The predicted octanol–water partition coefficient (Wildman–Crippen LogP) is 4.70. The lowest BCUT2D eigenvalue weighted by Crippen LogP contribution is -2.16. The fourth-order valence-corrected chi connectivity index (χ4v) is 4.04. The van der Waals surface area contributed by atoms with Gasteiger partial charge in [0.2, 0.25) is 0 Å². The Morgan fingerprint density at radius 1 is 1.09 bits per heavy atom. The molecule has 0 aromatic heterocycles. The van der Waals surface area contributed by atoms with Crippen molar-refractivity contribution >= 4 is 44.6 Å². The molecule has 0 unspecified atom stereocenters. The first-order valence-corrected chi connectivity index (χ1v) is 11.2. The summed E-state index contributed by atoms with van der Waals surface area (Å²) in [7, 11) is -4.12. The number of nitrogens with one attached hydrogen (secondary N) is 2. The molecule has 0 aliphatic heterocycles.